The molecule has 2 saturated heterocycles. The SMILES string of the molecule is CC[C@H](OC)[C@@H](C)[C@H]1O[C@@H]1C(NCCCN1CCOCC1)C(C)(O)/C=C/C=C(\C)C1OC(=O)C[C@H](O)CC[C@@](C)(O)[C@@H](OC(C)=O)/C=C/[C@@H]1C. The van der Waals surface area contributed by atoms with E-state index in [1.165, 1.54) is 6.92 Å². The molecule has 2 fully saturated rings. The van der Waals surface area contributed by atoms with Crippen LogP contribution in [0.2, 0.25) is 0 Å². The summed E-state index contributed by atoms with van der Waals surface area (Å²) in [5.74, 6) is -1.31. The highest BCUT2D eigenvalue weighted by Crippen LogP contribution is 2.39. The molecule has 3 aliphatic heterocycles. The summed E-state index contributed by atoms with van der Waals surface area (Å²) in [5.41, 5.74) is -2.03. The lowest BCUT2D eigenvalue weighted by Gasteiger charge is -2.32. The molecule has 0 aliphatic carbocycles. The molecule has 12 nitrogen and oxygen atoms in total. The minimum absolute atomic E-state index is 0.0518. The van der Waals surface area contributed by atoms with E-state index in [9.17, 15) is 24.9 Å². The van der Waals surface area contributed by atoms with Crippen molar-refractivity contribution in [3.63, 3.8) is 0 Å². The maximum atomic E-state index is 12.9. The molecule has 0 amide bonds. The first-order valence-corrected chi connectivity index (χ1v) is 18.3. The Kier molecular flexibility index (Phi) is 16.6. The number of carbonyl (C=O) groups excluding carboxylic acids is 2. The van der Waals surface area contributed by atoms with Gasteiger partial charge in [0.15, 0.2) is 0 Å². The third kappa shape index (κ3) is 12.8. The predicted octanol–water partition coefficient (Wildman–Crippen LogP) is 3.08. The standard InChI is InChI=1S/C38H64N2O10/c1-9-30(46-8)27(4)34-35(50-34)36(39-18-11-19-40-20-22-47-23-21-40)38(7,45)16-10-12-25(2)33-26(3)13-14-31(48-28(5)41)37(6,44)17-15-29(42)24-32(43)49-33/h10,12-14,16,26-27,29-31,33-36,39,42,44-45H,9,11,15,17-24H2,1-8H3/b14-13+,16-10+,25-12+/t26-,27+,29+,30-,31-,33?,34+,35-,36?,37+,38?/m0/s1. The Balaban J connectivity index is 1.80. The Hall–Kier alpha value is -2.16. The highest BCUT2D eigenvalue weighted by Gasteiger charge is 2.54. The summed E-state index contributed by atoms with van der Waals surface area (Å²) in [6.45, 7) is 17.5. The molecule has 0 saturated carbocycles. The number of aliphatic hydroxyl groups excluding tert-OH is 1. The van der Waals surface area contributed by atoms with Gasteiger partial charge in [0.25, 0.3) is 0 Å². The smallest absolute Gasteiger partial charge is 0.309 e. The number of hydrogen-bond donors (Lipinski definition) is 4. The van der Waals surface area contributed by atoms with E-state index in [1.54, 1.807) is 51.3 Å². The van der Waals surface area contributed by atoms with E-state index in [2.05, 4.69) is 24.1 Å². The Morgan fingerprint density at radius 2 is 1.94 bits per heavy atom. The van der Waals surface area contributed by atoms with Gasteiger partial charge in [0.1, 0.15) is 23.9 Å². The lowest BCUT2D eigenvalue weighted by Crippen LogP contribution is -2.53. The molecule has 4 N–H and O–H groups in total. The summed E-state index contributed by atoms with van der Waals surface area (Å²) in [6, 6.07) is -0.382. The van der Waals surface area contributed by atoms with Crippen LogP contribution < -0.4 is 5.32 Å². The largest absolute Gasteiger partial charge is 0.457 e. The summed E-state index contributed by atoms with van der Waals surface area (Å²) in [6.07, 6.45) is 7.59. The molecular formula is C38H64N2O10. The normalized spacial score (nSPS) is 34.1. The Morgan fingerprint density at radius 3 is 2.58 bits per heavy atom. The van der Waals surface area contributed by atoms with Crippen LogP contribution in [-0.2, 0) is 33.3 Å². The summed E-state index contributed by atoms with van der Waals surface area (Å²) < 4.78 is 28.7. The Bertz CT molecular complexity index is 1160. The number of morpholine rings is 1. The molecule has 0 aromatic rings. The first kappa shape index (κ1) is 42.3. The number of hydrogen-bond acceptors (Lipinski definition) is 12. The molecule has 3 rings (SSSR count). The molecule has 3 aliphatic rings. The Labute approximate surface area is 299 Å². The lowest BCUT2D eigenvalue weighted by atomic mass is 9.87. The second-order valence-corrected chi connectivity index (χ2v) is 14.8. The number of allylic oxidation sites excluding steroid dienone is 2. The number of methoxy groups -OCH3 is 1. The van der Waals surface area contributed by atoms with Crippen molar-refractivity contribution in [3.8, 4) is 0 Å². The van der Waals surface area contributed by atoms with Crippen LogP contribution in [0.1, 0.15) is 80.6 Å². The number of cyclic esters (lactones) is 1. The van der Waals surface area contributed by atoms with Crippen molar-refractivity contribution in [2.45, 2.75) is 134 Å². The number of carbonyl (C=O) groups is 2. The fraction of sp³-hybridized carbons (Fsp3) is 0.789. The minimum Gasteiger partial charge on any atom is -0.457 e. The zero-order chi connectivity index (χ0) is 37.1. The van der Waals surface area contributed by atoms with Crippen molar-refractivity contribution in [1.29, 1.82) is 0 Å². The van der Waals surface area contributed by atoms with Crippen LogP contribution in [0.15, 0.2) is 36.0 Å². The van der Waals surface area contributed by atoms with Gasteiger partial charge in [-0.2, -0.15) is 0 Å². The highest BCUT2D eigenvalue weighted by molar-refractivity contribution is 5.70. The van der Waals surface area contributed by atoms with E-state index < -0.39 is 41.5 Å². The van der Waals surface area contributed by atoms with Gasteiger partial charge in [-0.05, 0) is 71.2 Å². The van der Waals surface area contributed by atoms with Crippen molar-refractivity contribution >= 4 is 11.9 Å². The van der Waals surface area contributed by atoms with Crippen LogP contribution in [0.5, 0.6) is 0 Å². The molecular weight excluding hydrogens is 644 g/mol. The van der Waals surface area contributed by atoms with Crippen LogP contribution in [0, 0.1) is 11.8 Å². The third-order valence-corrected chi connectivity index (χ3v) is 10.3. The molecule has 12 heteroatoms. The van der Waals surface area contributed by atoms with Crippen molar-refractivity contribution in [1.82, 2.24) is 10.2 Å². The van der Waals surface area contributed by atoms with Gasteiger partial charge in [0.2, 0.25) is 0 Å². The summed E-state index contributed by atoms with van der Waals surface area (Å²) in [4.78, 5) is 27.1. The molecule has 0 spiro atoms. The molecule has 3 unspecified atom stereocenters. The molecule has 0 aromatic heterocycles. The first-order chi connectivity index (χ1) is 23.6. The van der Waals surface area contributed by atoms with Crippen molar-refractivity contribution in [2.75, 3.05) is 46.5 Å². The topological polar surface area (TPSA) is 160 Å². The number of esters is 2. The van der Waals surface area contributed by atoms with E-state index >= 15 is 0 Å². The second kappa shape index (κ2) is 19.6. The number of epoxide rings is 1. The maximum Gasteiger partial charge on any atom is 0.309 e. The number of ether oxygens (including phenoxy) is 5. The molecule has 50 heavy (non-hydrogen) atoms. The molecule has 0 bridgehead atoms. The second-order valence-electron chi connectivity index (χ2n) is 14.8. The fourth-order valence-corrected chi connectivity index (χ4v) is 7.06. The average molecular weight is 709 g/mol. The van der Waals surface area contributed by atoms with Crippen LogP contribution in [-0.4, -0.2) is 133 Å². The van der Waals surface area contributed by atoms with Gasteiger partial charge in [-0.25, -0.2) is 0 Å². The van der Waals surface area contributed by atoms with Crippen molar-refractivity contribution < 1.29 is 48.6 Å². The fourth-order valence-electron chi connectivity index (χ4n) is 7.06. The number of nitrogens with one attached hydrogen (secondary N) is 1. The van der Waals surface area contributed by atoms with Gasteiger partial charge >= 0.3 is 11.9 Å². The summed E-state index contributed by atoms with van der Waals surface area (Å²) in [5, 5.41) is 37.1. The quantitative estimate of drug-likeness (QED) is 0.0649. The molecule has 286 valence electrons. The van der Waals surface area contributed by atoms with E-state index in [-0.39, 0.29) is 55.5 Å². The lowest BCUT2D eigenvalue weighted by molar-refractivity contribution is -0.157. The van der Waals surface area contributed by atoms with E-state index in [4.69, 9.17) is 23.7 Å². The van der Waals surface area contributed by atoms with Crippen molar-refractivity contribution in [3.05, 3.63) is 36.0 Å². The number of rotatable bonds is 15. The van der Waals surface area contributed by atoms with Gasteiger partial charge in [0, 0.05) is 39.0 Å². The maximum absolute atomic E-state index is 12.9. The molecule has 0 aromatic carbocycles. The van der Waals surface area contributed by atoms with E-state index in [0.717, 1.165) is 45.7 Å². The van der Waals surface area contributed by atoms with E-state index in [0.29, 0.717) is 12.1 Å². The van der Waals surface area contributed by atoms with Gasteiger partial charge in [0.05, 0.1) is 49.6 Å². The van der Waals surface area contributed by atoms with Crippen LogP contribution >= 0.6 is 0 Å². The van der Waals surface area contributed by atoms with Crippen LogP contribution in [0.3, 0.4) is 0 Å². The van der Waals surface area contributed by atoms with Gasteiger partial charge in [-0.1, -0.05) is 45.1 Å². The zero-order valence-electron chi connectivity index (χ0n) is 31.5. The Morgan fingerprint density at radius 1 is 1.24 bits per heavy atom. The van der Waals surface area contributed by atoms with Crippen molar-refractivity contribution in [2.24, 2.45) is 11.8 Å². The first-order valence-electron chi connectivity index (χ1n) is 18.3. The van der Waals surface area contributed by atoms with Gasteiger partial charge < -0.3 is 44.3 Å². The number of aliphatic hydroxyl groups is 3. The summed E-state index contributed by atoms with van der Waals surface area (Å²) in [7, 11) is 1.72. The third-order valence-electron chi connectivity index (χ3n) is 10.3. The minimum atomic E-state index is -1.45. The number of nitrogens with zero attached hydrogens (tertiary/aromatic N) is 1. The molecule has 11 atom stereocenters. The van der Waals surface area contributed by atoms with E-state index in [1.807, 2.05) is 13.8 Å². The molecule has 3 heterocycles. The average Bonchev–Trinajstić information content (AvgIpc) is 3.85. The van der Waals surface area contributed by atoms with Crippen LogP contribution in [0.25, 0.3) is 0 Å². The monoisotopic (exact) mass is 708 g/mol. The highest BCUT2D eigenvalue weighted by atomic mass is 16.6. The van der Waals surface area contributed by atoms with Gasteiger partial charge in [-0.15, -0.1) is 0 Å². The summed E-state index contributed by atoms with van der Waals surface area (Å²) >= 11 is 0. The van der Waals surface area contributed by atoms with Gasteiger partial charge in [-0.3, -0.25) is 14.5 Å². The predicted molar refractivity (Wildman–Crippen MR) is 190 cm³/mol. The zero-order valence-corrected chi connectivity index (χ0v) is 31.5. The van der Waals surface area contributed by atoms with Crippen LogP contribution in [0.4, 0.5) is 0 Å². The molecule has 0 radical (unpaired) electrons.